The molecule has 0 atom stereocenters. The Hall–Kier alpha value is -3.53. The molecule has 134 valence electrons. The summed E-state index contributed by atoms with van der Waals surface area (Å²) in [7, 11) is 1.40. The number of nitrogens with two attached hydrogens (primary N) is 1. The lowest BCUT2D eigenvalue weighted by Gasteiger charge is -2.07. The summed E-state index contributed by atoms with van der Waals surface area (Å²) in [6.07, 6.45) is 0.693. The summed E-state index contributed by atoms with van der Waals surface area (Å²) in [5, 5.41) is 1.13. The minimum absolute atomic E-state index is 0.327. The lowest BCUT2D eigenvalue weighted by molar-refractivity contribution is 0.0600. The Labute approximate surface area is 157 Å². The molecule has 0 aliphatic rings. The summed E-state index contributed by atoms with van der Waals surface area (Å²) in [5.74, 6) is -0.327. The zero-order chi connectivity index (χ0) is 18.8. The second-order valence-electron chi connectivity index (χ2n) is 6.52. The molecule has 27 heavy (non-hydrogen) atoms. The van der Waals surface area contributed by atoms with Gasteiger partial charge in [0, 0.05) is 23.0 Å². The van der Waals surface area contributed by atoms with Crippen LogP contribution in [0.5, 0.6) is 0 Å². The Bertz CT molecular complexity index is 1110. The van der Waals surface area contributed by atoms with Crippen molar-refractivity contribution >= 4 is 22.6 Å². The molecule has 0 aliphatic heterocycles. The predicted molar refractivity (Wildman–Crippen MR) is 109 cm³/mol. The zero-order valence-electron chi connectivity index (χ0n) is 15.0. The fourth-order valence-corrected chi connectivity index (χ4v) is 3.44. The van der Waals surface area contributed by atoms with E-state index in [1.165, 1.54) is 12.7 Å². The average Bonchev–Trinajstić information content (AvgIpc) is 3.05. The van der Waals surface area contributed by atoms with E-state index in [0.29, 0.717) is 12.0 Å². The lowest BCUT2D eigenvalue weighted by atomic mass is 9.97. The largest absolute Gasteiger partial charge is 0.465 e. The van der Waals surface area contributed by atoms with Gasteiger partial charge in [-0.3, -0.25) is 0 Å². The van der Waals surface area contributed by atoms with Crippen molar-refractivity contribution in [2.75, 3.05) is 12.8 Å². The Balaban J connectivity index is 1.84. The third-order valence-corrected chi connectivity index (χ3v) is 4.72. The van der Waals surface area contributed by atoms with Crippen LogP contribution in [0.2, 0.25) is 0 Å². The number of carbonyl (C=O) groups excluding carboxylic acids is 1. The van der Waals surface area contributed by atoms with E-state index < -0.39 is 0 Å². The van der Waals surface area contributed by atoms with E-state index in [0.717, 1.165) is 33.4 Å². The second-order valence-corrected chi connectivity index (χ2v) is 6.52. The Morgan fingerprint density at radius 3 is 2.59 bits per heavy atom. The lowest BCUT2D eigenvalue weighted by Crippen LogP contribution is -2.02. The van der Waals surface area contributed by atoms with Crippen molar-refractivity contribution in [1.82, 2.24) is 4.98 Å². The maximum atomic E-state index is 11.9. The maximum Gasteiger partial charge on any atom is 0.337 e. The van der Waals surface area contributed by atoms with Gasteiger partial charge in [0.1, 0.15) is 0 Å². The number of aromatic nitrogens is 1. The van der Waals surface area contributed by atoms with Gasteiger partial charge in [0.25, 0.3) is 0 Å². The van der Waals surface area contributed by atoms with Crippen LogP contribution in [0, 0.1) is 0 Å². The number of hydrogen-bond acceptors (Lipinski definition) is 3. The van der Waals surface area contributed by atoms with Gasteiger partial charge < -0.3 is 15.5 Å². The number of H-pyrrole nitrogens is 1. The highest BCUT2D eigenvalue weighted by molar-refractivity contribution is 5.93. The monoisotopic (exact) mass is 356 g/mol. The van der Waals surface area contributed by atoms with Crippen LogP contribution in [-0.4, -0.2) is 18.1 Å². The van der Waals surface area contributed by atoms with E-state index >= 15 is 0 Å². The molecule has 0 amide bonds. The van der Waals surface area contributed by atoms with Crippen LogP contribution in [0.25, 0.3) is 22.2 Å². The van der Waals surface area contributed by atoms with Crippen LogP contribution in [0.4, 0.5) is 5.69 Å². The quantitative estimate of drug-likeness (QED) is 0.408. The number of esters is 1. The molecule has 0 bridgehead atoms. The molecule has 0 radical (unpaired) electrons. The predicted octanol–water partition coefficient (Wildman–Crippen LogP) is 4.79. The molecule has 0 saturated heterocycles. The molecule has 1 aromatic heterocycles. The summed E-state index contributed by atoms with van der Waals surface area (Å²) in [6.45, 7) is 0. The molecule has 0 aliphatic carbocycles. The number of benzene rings is 3. The van der Waals surface area contributed by atoms with Crippen LogP contribution in [0.15, 0.2) is 72.8 Å². The highest BCUT2D eigenvalue weighted by Gasteiger charge is 2.15. The third kappa shape index (κ3) is 3.29. The smallest absolute Gasteiger partial charge is 0.337 e. The van der Waals surface area contributed by atoms with Gasteiger partial charge in [-0.1, -0.05) is 48.5 Å². The zero-order valence-corrected chi connectivity index (χ0v) is 15.0. The van der Waals surface area contributed by atoms with Crippen molar-refractivity contribution in [3.63, 3.8) is 0 Å². The van der Waals surface area contributed by atoms with E-state index in [9.17, 15) is 4.79 Å². The molecule has 4 nitrogen and oxygen atoms in total. The topological polar surface area (TPSA) is 68.1 Å². The Kier molecular flexibility index (Phi) is 4.38. The van der Waals surface area contributed by atoms with E-state index in [-0.39, 0.29) is 5.97 Å². The van der Waals surface area contributed by atoms with Gasteiger partial charge in [0.15, 0.2) is 0 Å². The average molecular weight is 356 g/mol. The molecule has 4 aromatic rings. The van der Waals surface area contributed by atoms with Crippen molar-refractivity contribution in [2.45, 2.75) is 6.42 Å². The maximum absolute atomic E-state index is 11.9. The molecule has 0 spiro atoms. The SMILES string of the molecule is COC(=O)c1cccc(Cc2c(-c3ccccc3)[nH]c3cc(N)ccc23)c1. The summed E-state index contributed by atoms with van der Waals surface area (Å²) < 4.78 is 4.84. The van der Waals surface area contributed by atoms with Crippen LogP contribution in [0.1, 0.15) is 21.5 Å². The fraction of sp³-hybridized carbons (Fsp3) is 0.0870. The standard InChI is InChI=1S/C23H20N2O2/c1-27-23(26)17-9-5-6-15(12-17)13-20-19-11-10-18(24)14-21(19)25-22(20)16-7-3-2-4-8-16/h2-12,14,25H,13,24H2,1H3. The number of fused-ring (bicyclic) bond motifs is 1. The molecular formula is C23H20N2O2. The first kappa shape index (κ1) is 16.9. The third-order valence-electron chi connectivity index (χ3n) is 4.72. The fourth-order valence-electron chi connectivity index (χ4n) is 3.44. The molecule has 0 unspecified atom stereocenters. The van der Waals surface area contributed by atoms with Gasteiger partial charge in [0.05, 0.1) is 18.4 Å². The molecule has 4 rings (SSSR count). The molecule has 3 N–H and O–H groups in total. The van der Waals surface area contributed by atoms with E-state index in [1.807, 2.05) is 54.6 Å². The van der Waals surface area contributed by atoms with Gasteiger partial charge in [0.2, 0.25) is 0 Å². The number of nitrogens with one attached hydrogen (secondary N) is 1. The summed E-state index contributed by atoms with van der Waals surface area (Å²) in [5.41, 5.74) is 12.7. The Morgan fingerprint density at radius 1 is 1.00 bits per heavy atom. The summed E-state index contributed by atoms with van der Waals surface area (Å²) in [4.78, 5) is 15.4. The highest BCUT2D eigenvalue weighted by atomic mass is 16.5. The van der Waals surface area contributed by atoms with Crippen molar-refractivity contribution in [2.24, 2.45) is 0 Å². The van der Waals surface area contributed by atoms with Gasteiger partial charge in [-0.05, 0) is 41.0 Å². The van der Waals surface area contributed by atoms with Crippen LogP contribution in [0.3, 0.4) is 0 Å². The van der Waals surface area contributed by atoms with Gasteiger partial charge in [-0.2, -0.15) is 0 Å². The van der Waals surface area contributed by atoms with Crippen molar-refractivity contribution < 1.29 is 9.53 Å². The number of hydrogen-bond donors (Lipinski definition) is 2. The number of methoxy groups -OCH3 is 1. The normalized spacial score (nSPS) is 10.9. The van der Waals surface area contributed by atoms with E-state index in [2.05, 4.69) is 17.1 Å². The number of carbonyl (C=O) groups is 1. The number of rotatable bonds is 4. The molecule has 1 heterocycles. The minimum Gasteiger partial charge on any atom is -0.465 e. The molecular weight excluding hydrogens is 336 g/mol. The van der Waals surface area contributed by atoms with Crippen LogP contribution in [-0.2, 0) is 11.2 Å². The molecule has 0 fully saturated rings. The minimum atomic E-state index is -0.327. The summed E-state index contributed by atoms with van der Waals surface area (Å²) in [6, 6.07) is 23.7. The highest BCUT2D eigenvalue weighted by Crippen LogP contribution is 2.33. The van der Waals surface area contributed by atoms with Gasteiger partial charge >= 0.3 is 5.97 Å². The van der Waals surface area contributed by atoms with E-state index in [4.69, 9.17) is 10.5 Å². The van der Waals surface area contributed by atoms with Crippen molar-refractivity contribution in [3.05, 3.63) is 89.5 Å². The van der Waals surface area contributed by atoms with Crippen LogP contribution < -0.4 is 5.73 Å². The number of aromatic amines is 1. The van der Waals surface area contributed by atoms with Crippen molar-refractivity contribution in [3.8, 4) is 11.3 Å². The Morgan fingerprint density at radius 2 is 1.81 bits per heavy atom. The van der Waals surface area contributed by atoms with Gasteiger partial charge in [-0.25, -0.2) is 4.79 Å². The van der Waals surface area contributed by atoms with E-state index in [1.54, 1.807) is 6.07 Å². The molecule has 4 heteroatoms. The molecule has 0 saturated carbocycles. The number of ether oxygens (including phenoxy) is 1. The number of anilines is 1. The summed E-state index contributed by atoms with van der Waals surface area (Å²) >= 11 is 0. The van der Waals surface area contributed by atoms with Gasteiger partial charge in [-0.15, -0.1) is 0 Å². The van der Waals surface area contributed by atoms with Crippen LogP contribution >= 0.6 is 0 Å². The number of nitrogen functional groups attached to an aromatic ring is 1. The molecule has 3 aromatic carbocycles. The van der Waals surface area contributed by atoms with Crippen molar-refractivity contribution in [1.29, 1.82) is 0 Å². The first-order chi connectivity index (χ1) is 13.2. The first-order valence-electron chi connectivity index (χ1n) is 8.78. The second kappa shape index (κ2) is 7.00. The first-order valence-corrected chi connectivity index (χ1v) is 8.78.